The van der Waals surface area contributed by atoms with Gasteiger partial charge in [-0.1, -0.05) is 42.5 Å². The number of sulfone groups is 1. The molecular formula is C26H25N3O3S. The highest BCUT2D eigenvalue weighted by Gasteiger charge is 2.22. The Hall–Kier alpha value is -3.58. The number of anilines is 1. The molecule has 1 saturated heterocycles. The van der Waals surface area contributed by atoms with E-state index in [0.717, 1.165) is 39.8 Å². The molecule has 1 aliphatic heterocycles. The maximum Gasteiger partial charge on any atom is 0.153 e. The van der Waals surface area contributed by atoms with Crippen molar-refractivity contribution in [3.05, 3.63) is 84.6 Å². The average molecular weight is 460 g/mol. The normalized spacial score (nSPS) is 15.4. The zero-order valence-electron chi connectivity index (χ0n) is 18.4. The number of nitrogens with one attached hydrogen (secondary N) is 1. The van der Waals surface area contributed by atoms with Crippen LogP contribution in [0.25, 0.3) is 22.6 Å². The lowest BCUT2D eigenvalue weighted by atomic mass is 10.1. The summed E-state index contributed by atoms with van der Waals surface area (Å²) in [7, 11) is -2.90. The summed E-state index contributed by atoms with van der Waals surface area (Å²) in [6.07, 6.45) is 0. The third-order valence-corrected chi connectivity index (χ3v) is 7.46. The number of H-pyrrole nitrogens is 1. The van der Waals surface area contributed by atoms with Crippen molar-refractivity contribution in [1.29, 1.82) is 0 Å². The molecule has 0 saturated carbocycles. The first kappa shape index (κ1) is 21.3. The summed E-state index contributed by atoms with van der Waals surface area (Å²) >= 11 is 0. The van der Waals surface area contributed by atoms with Gasteiger partial charge in [0.15, 0.2) is 9.84 Å². The van der Waals surface area contributed by atoms with Crippen LogP contribution in [0.4, 0.5) is 5.69 Å². The van der Waals surface area contributed by atoms with Crippen LogP contribution in [-0.4, -0.2) is 43.0 Å². The smallest absolute Gasteiger partial charge is 0.153 e. The summed E-state index contributed by atoms with van der Waals surface area (Å²) in [6.45, 7) is 3.06. The molecule has 33 heavy (non-hydrogen) atoms. The van der Waals surface area contributed by atoms with E-state index >= 15 is 0 Å². The highest BCUT2D eigenvalue weighted by molar-refractivity contribution is 7.91. The highest BCUT2D eigenvalue weighted by Crippen LogP contribution is 2.35. The molecule has 1 fully saturated rings. The molecule has 1 aromatic heterocycles. The number of aromatic nitrogens is 2. The van der Waals surface area contributed by atoms with Crippen LogP contribution in [0, 0.1) is 6.92 Å². The Labute approximate surface area is 193 Å². The van der Waals surface area contributed by atoms with Crippen molar-refractivity contribution in [3.63, 3.8) is 0 Å². The van der Waals surface area contributed by atoms with Gasteiger partial charge < -0.3 is 14.6 Å². The zero-order valence-corrected chi connectivity index (χ0v) is 19.2. The van der Waals surface area contributed by atoms with Crippen molar-refractivity contribution in [2.75, 3.05) is 29.5 Å². The molecule has 7 heteroatoms. The first-order chi connectivity index (χ1) is 16.0. The molecule has 1 N–H and O–H groups in total. The third kappa shape index (κ3) is 4.64. The Morgan fingerprint density at radius 1 is 0.879 bits per heavy atom. The molecule has 3 aromatic carbocycles. The van der Waals surface area contributed by atoms with Crippen molar-refractivity contribution in [2.45, 2.75) is 6.92 Å². The van der Waals surface area contributed by atoms with Crippen LogP contribution in [-0.2, 0) is 9.84 Å². The number of nitrogens with zero attached hydrogens (tertiary/aromatic N) is 2. The van der Waals surface area contributed by atoms with Gasteiger partial charge in [0, 0.05) is 35.6 Å². The van der Waals surface area contributed by atoms with E-state index in [1.165, 1.54) is 0 Å². The van der Waals surface area contributed by atoms with Crippen LogP contribution in [0.5, 0.6) is 11.5 Å². The van der Waals surface area contributed by atoms with Crippen LogP contribution >= 0.6 is 0 Å². The fourth-order valence-electron chi connectivity index (χ4n) is 4.03. The topological polar surface area (TPSA) is 75.3 Å². The molecule has 6 nitrogen and oxygen atoms in total. The number of imidazole rings is 1. The molecule has 5 rings (SSSR count). The molecular weight excluding hydrogens is 434 g/mol. The van der Waals surface area contributed by atoms with Gasteiger partial charge in [0.05, 0.1) is 17.2 Å². The number of aromatic amines is 1. The van der Waals surface area contributed by atoms with Crippen LogP contribution < -0.4 is 9.64 Å². The molecule has 0 atom stereocenters. The number of rotatable bonds is 5. The lowest BCUT2D eigenvalue weighted by Gasteiger charge is -2.28. The summed E-state index contributed by atoms with van der Waals surface area (Å²) in [5.74, 6) is 2.67. The van der Waals surface area contributed by atoms with E-state index < -0.39 is 9.84 Å². The SMILES string of the molecule is Cc1[nH]c(-c2ccccc2)nc1-c1ccccc1Oc1ccc(N2CCS(=O)(=O)CC2)cc1. The van der Waals surface area contributed by atoms with Gasteiger partial charge in [-0.2, -0.15) is 0 Å². The largest absolute Gasteiger partial charge is 0.457 e. The van der Waals surface area contributed by atoms with Crippen LogP contribution in [0.1, 0.15) is 5.69 Å². The quantitative estimate of drug-likeness (QED) is 0.451. The van der Waals surface area contributed by atoms with Crippen molar-refractivity contribution < 1.29 is 13.2 Å². The van der Waals surface area contributed by atoms with Crippen molar-refractivity contribution in [2.24, 2.45) is 0 Å². The van der Waals surface area contributed by atoms with Crippen molar-refractivity contribution in [1.82, 2.24) is 9.97 Å². The van der Waals surface area contributed by atoms with Gasteiger partial charge in [-0.25, -0.2) is 13.4 Å². The monoisotopic (exact) mass is 459 g/mol. The molecule has 4 aromatic rings. The summed E-state index contributed by atoms with van der Waals surface area (Å²) in [5, 5.41) is 0. The standard InChI is InChI=1S/C26H25N3O3S/c1-19-25(28-26(27-19)20-7-3-2-4-8-20)23-9-5-6-10-24(23)32-22-13-11-21(12-14-22)29-15-17-33(30,31)18-16-29/h2-14H,15-18H2,1H3,(H,27,28). The minimum atomic E-state index is -2.90. The molecule has 0 spiro atoms. The maximum atomic E-state index is 11.7. The van der Waals surface area contributed by atoms with Gasteiger partial charge in [-0.3, -0.25) is 0 Å². The predicted molar refractivity (Wildman–Crippen MR) is 132 cm³/mol. The minimum Gasteiger partial charge on any atom is -0.457 e. The lowest BCUT2D eigenvalue weighted by Crippen LogP contribution is -2.40. The van der Waals surface area contributed by atoms with E-state index in [9.17, 15) is 8.42 Å². The maximum absolute atomic E-state index is 11.7. The second kappa shape index (κ2) is 8.75. The highest BCUT2D eigenvalue weighted by atomic mass is 32.2. The van der Waals surface area contributed by atoms with Crippen LogP contribution in [0.15, 0.2) is 78.9 Å². The molecule has 0 bridgehead atoms. The Balaban J connectivity index is 1.38. The fraction of sp³-hybridized carbons (Fsp3) is 0.192. The molecule has 0 radical (unpaired) electrons. The molecule has 0 aliphatic carbocycles. The number of ether oxygens (including phenoxy) is 1. The number of para-hydroxylation sites is 1. The second-order valence-corrected chi connectivity index (χ2v) is 10.5. The van der Waals surface area contributed by atoms with Crippen molar-refractivity contribution >= 4 is 15.5 Å². The van der Waals surface area contributed by atoms with Gasteiger partial charge in [-0.05, 0) is 43.3 Å². The summed E-state index contributed by atoms with van der Waals surface area (Å²) in [4.78, 5) is 10.3. The number of benzene rings is 3. The summed E-state index contributed by atoms with van der Waals surface area (Å²) in [5.41, 5.74) is 4.78. The third-order valence-electron chi connectivity index (χ3n) is 5.85. The molecule has 168 valence electrons. The Bertz CT molecular complexity index is 1350. The molecule has 0 unspecified atom stereocenters. The van der Waals surface area contributed by atoms with E-state index in [-0.39, 0.29) is 11.5 Å². The van der Waals surface area contributed by atoms with E-state index in [2.05, 4.69) is 9.88 Å². The Kier molecular flexibility index (Phi) is 5.64. The zero-order chi connectivity index (χ0) is 22.8. The van der Waals surface area contributed by atoms with Gasteiger partial charge in [0.1, 0.15) is 17.3 Å². The fourth-order valence-corrected chi connectivity index (χ4v) is 5.23. The van der Waals surface area contributed by atoms with Gasteiger partial charge in [-0.15, -0.1) is 0 Å². The summed E-state index contributed by atoms with van der Waals surface area (Å²) in [6, 6.07) is 25.7. The number of aryl methyl sites for hydroxylation is 1. The molecule has 0 amide bonds. The number of hydrogen-bond donors (Lipinski definition) is 1. The van der Waals surface area contributed by atoms with E-state index in [4.69, 9.17) is 9.72 Å². The summed E-state index contributed by atoms with van der Waals surface area (Å²) < 4.78 is 29.6. The lowest BCUT2D eigenvalue weighted by molar-refractivity contribution is 0.484. The number of hydrogen-bond acceptors (Lipinski definition) is 5. The first-order valence-electron chi connectivity index (χ1n) is 10.9. The van der Waals surface area contributed by atoms with Gasteiger partial charge >= 0.3 is 0 Å². The van der Waals surface area contributed by atoms with Gasteiger partial charge in [0.2, 0.25) is 0 Å². The van der Waals surface area contributed by atoms with Gasteiger partial charge in [0.25, 0.3) is 0 Å². The average Bonchev–Trinajstić information content (AvgIpc) is 3.22. The molecule has 1 aliphatic rings. The molecule has 2 heterocycles. The van der Waals surface area contributed by atoms with E-state index in [0.29, 0.717) is 18.8 Å². The predicted octanol–water partition coefficient (Wildman–Crippen LogP) is 5.08. The van der Waals surface area contributed by atoms with Crippen molar-refractivity contribution in [3.8, 4) is 34.1 Å². The Morgan fingerprint density at radius 3 is 2.27 bits per heavy atom. The van der Waals surface area contributed by atoms with Crippen LogP contribution in [0.2, 0.25) is 0 Å². The minimum absolute atomic E-state index is 0.201. The Morgan fingerprint density at radius 2 is 1.55 bits per heavy atom. The van der Waals surface area contributed by atoms with E-state index in [1.807, 2.05) is 85.8 Å². The first-order valence-corrected chi connectivity index (χ1v) is 12.8. The van der Waals surface area contributed by atoms with E-state index in [1.54, 1.807) is 0 Å². The second-order valence-electron chi connectivity index (χ2n) is 8.16. The van der Waals surface area contributed by atoms with Crippen LogP contribution in [0.3, 0.4) is 0 Å².